The fraction of sp³-hybridized carbons (Fsp3) is 0.185. The van der Waals surface area contributed by atoms with Gasteiger partial charge in [-0.2, -0.15) is 5.10 Å². The largest absolute Gasteiger partial charge is 0.489 e. The van der Waals surface area contributed by atoms with Gasteiger partial charge in [0.25, 0.3) is 5.91 Å². The van der Waals surface area contributed by atoms with E-state index in [1.165, 1.54) is 11.1 Å². The van der Waals surface area contributed by atoms with Crippen LogP contribution in [-0.2, 0) is 13.2 Å². The van der Waals surface area contributed by atoms with Gasteiger partial charge in [0.05, 0.1) is 23.6 Å². The molecule has 0 aliphatic rings. The third-order valence-corrected chi connectivity index (χ3v) is 5.72. The van der Waals surface area contributed by atoms with E-state index in [0.717, 1.165) is 28.4 Å². The first-order chi connectivity index (χ1) is 15.9. The maximum atomic E-state index is 12.9. The van der Waals surface area contributed by atoms with E-state index in [4.69, 9.17) is 16.3 Å². The van der Waals surface area contributed by atoms with Gasteiger partial charge >= 0.3 is 0 Å². The average molecular weight is 460 g/mol. The van der Waals surface area contributed by atoms with Crippen LogP contribution in [-0.4, -0.2) is 15.7 Å². The zero-order valence-electron chi connectivity index (χ0n) is 18.9. The van der Waals surface area contributed by atoms with Crippen LogP contribution < -0.4 is 10.1 Å². The van der Waals surface area contributed by atoms with Crippen LogP contribution in [0.3, 0.4) is 0 Å². The number of nitrogens with zero attached hydrogens (tertiary/aromatic N) is 2. The van der Waals surface area contributed by atoms with E-state index in [-0.39, 0.29) is 5.91 Å². The molecule has 33 heavy (non-hydrogen) atoms. The van der Waals surface area contributed by atoms with Crippen LogP contribution in [0.4, 0.5) is 5.69 Å². The number of aromatic nitrogens is 2. The Morgan fingerprint density at radius 2 is 1.70 bits per heavy atom. The second kappa shape index (κ2) is 9.92. The first-order valence-electron chi connectivity index (χ1n) is 10.8. The molecule has 1 aromatic heterocycles. The van der Waals surface area contributed by atoms with Crippen molar-refractivity contribution in [3.63, 3.8) is 0 Å². The highest BCUT2D eigenvalue weighted by Crippen LogP contribution is 2.22. The first kappa shape index (κ1) is 22.6. The number of nitrogens with one attached hydrogen (secondary N) is 1. The number of rotatable bonds is 7. The Hall–Kier alpha value is -3.57. The van der Waals surface area contributed by atoms with Crippen molar-refractivity contribution in [1.82, 2.24) is 9.78 Å². The lowest BCUT2D eigenvalue weighted by Gasteiger charge is -2.09. The maximum Gasteiger partial charge on any atom is 0.255 e. The molecular weight excluding hydrogens is 434 g/mol. The van der Waals surface area contributed by atoms with Crippen LogP contribution in [0.15, 0.2) is 72.8 Å². The van der Waals surface area contributed by atoms with Crippen LogP contribution in [0, 0.1) is 20.8 Å². The minimum Gasteiger partial charge on any atom is -0.489 e. The van der Waals surface area contributed by atoms with Crippen LogP contribution in [0.2, 0.25) is 5.02 Å². The Balaban J connectivity index is 1.40. The summed E-state index contributed by atoms with van der Waals surface area (Å²) in [5, 5.41) is 8.33. The lowest BCUT2D eigenvalue weighted by atomic mass is 10.1. The SMILES string of the molecule is Cc1cccc(Cn2nc(C)c(NC(=O)c3ccc(COc4ccc(Cl)cc4)cc3)c2C)c1. The Labute approximate surface area is 199 Å². The topological polar surface area (TPSA) is 56.2 Å². The summed E-state index contributed by atoms with van der Waals surface area (Å²) in [6.45, 7) is 7.03. The monoisotopic (exact) mass is 459 g/mol. The molecule has 0 saturated carbocycles. The Morgan fingerprint density at radius 3 is 2.39 bits per heavy atom. The lowest BCUT2D eigenvalue weighted by Crippen LogP contribution is -2.13. The molecule has 0 unspecified atom stereocenters. The summed E-state index contributed by atoms with van der Waals surface area (Å²) in [5.74, 6) is 0.580. The molecular formula is C27H26ClN3O2. The normalized spacial score (nSPS) is 10.8. The minimum absolute atomic E-state index is 0.165. The van der Waals surface area contributed by atoms with Gasteiger partial charge in [0.15, 0.2) is 0 Å². The van der Waals surface area contributed by atoms with Crippen molar-refractivity contribution in [2.45, 2.75) is 33.9 Å². The van der Waals surface area contributed by atoms with Gasteiger partial charge in [-0.15, -0.1) is 0 Å². The van der Waals surface area contributed by atoms with Gasteiger partial charge in [-0.1, -0.05) is 53.6 Å². The second-order valence-electron chi connectivity index (χ2n) is 8.09. The summed E-state index contributed by atoms with van der Waals surface area (Å²) in [6.07, 6.45) is 0. The number of ether oxygens (including phenoxy) is 1. The van der Waals surface area contributed by atoms with Gasteiger partial charge < -0.3 is 10.1 Å². The van der Waals surface area contributed by atoms with Gasteiger partial charge in [0.2, 0.25) is 0 Å². The predicted molar refractivity (Wildman–Crippen MR) is 132 cm³/mol. The van der Waals surface area contributed by atoms with Crippen LogP contribution in [0.5, 0.6) is 5.75 Å². The number of benzene rings is 3. The highest BCUT2D eigenvalue weighted by atomic mass is 35.5. The van der Waals surface area contributed by atoms with E-state index in [2.05, 4.69) is 35.5 Å². The number of halogens is 1. The molecule has 0 saturated heterocycles. The molecule has 1 heterocycles. The molecule has 1 amide bonds. The van der Waals surface area contributed by atoms with Crippen molar-refractivity contribution in [2.75, 3.05) is 5.32 Å². The number of hydrogen-bond acceptors (Lipinski definition) is 3. The molecule has 4 rings (SSSR count). The zero-order valence-corrected chi connectivity index (χ0v) is 19.7. The van der Waals surface area contributed by atoms with Gasteiger partial charge in [-0.25, -0.2) is 0 Å². The smallest absolute Gasteiger partial charge is 0.255 e. The molecule has 1 N–H and O–H groups in total. The number of hydrogen-bond donors (Lipinski definition) is 1. The molecule has 0 radical (unpaired) electrons. The Kier molecular flexibility index (Phi) is 6.80. The average Bonchev–Trinajstić information content (AvgIpc) is 3.06. The number of anilines is 1. The zero-order chi connectivity index (χ0) is 23.4. The van der Waals surface area contributed by atoms with Crippen molar-refractivity contribution < 1.29 is 9.53 Å². The number of amides is 1. The fourth-order valence-electron chi connectivity index (χ4n) is 3.65. The molecule has 0 spiro atoms. The Bertz CT molecular complexity index is 1260. The second-order valence-corrected chi connectivity index (χ2v) is 8.52. The maximum absolute atomic E-state index is 12.9. The van der Waals surface area contributed by atoms with Crippen molar-refractivity contribution in [2.24, 2.45) is 0 Å². The van der Waals surface area contributed by atoms with Gasteiger partial charge in [0.1, 0.15) is 12.4 Å². The fourth-order valence-corrected chi connectivity index (χ4v) is 3.78. The Morgan fingerprint density at radius 1 is 0.970 bits per heavy atom. The van der Waals surface area contributed by atoms with Crippen molar-refractivity contribution in [3.8, 4) is 5.75 Å². The predicted octanol–water partition coefficient (Wildman–Crippen LogP) is 6.34. The summed E-state index contributed by atoms with van der Waals surface area (Å²) in [4.78, 5) is 12.9. The first-order valence-corrected chi connectivity index (χ1v) is 11.1. The van der Waals surface area contributed by atoms with E-state index in [1.54, 1.807) is 24.3 Å². The van der Waals surface area contributed by atoms with Gasteiger partial charge in [0, 0.05) is 10.6 Å². The number of carbonyl (C=O) groups excluding carboxylic acids is 1. The third-order valence-electron chi connectivity index (χ3n) is 5.47. The van der Waals surface area contributed by atoms with E-state index in [0.29, 0.717) is 23.7 Å². The molecule has 5 nitrogen and oxygen atoms in total. The van der Waals surface area contributed by atoms with Crippen LogP contribution >= 0.6 is 11.6 Å². The summed E-state index contributed by atoms with van der Waals surface area (Å²) in [7, 11) is 0. The minimum atomic E-state index is -0.165. The number of carbonyl (C=O) groups is 1. The van der Waals surface area contributed by atoms with E-state index >= 15 is 0 Å². The molecule has 0 atom stereocenters. The van der Waals surface area contributed by atoms with E-state index in [1.807, 2.05) is 48.9 Å². The standard InChI is InChI=1S/C27H26ClN3O2/c1-18-5-4-6-22(15-18)16-31-20(3)26(19(2)30-31)29-27(32)23-9-7-21(8-10-23)17-33-25-13-11-24(28)12-14-25/h4-15H,16-17H2,1-3H3,(H,29,32). The quantitative estimate of drug-likeness (QED) is 0.350. The lowest BCUT2D eigenvalue weighted by molar-refractivity contribution is 0.102. The highest BCUT2D eigenvalue weighted by molar-refractivity contribution is 6.30. The molecule has 0 bridgehead atoms. The van der Waals surface area contributed by atoms with Crippen molar-refractivity contribution >= 4 is 23.2 Å². The van der Waals surface area contributed by atoms with E-state index in [9.17, 15) is 4.79 Å². The summed E-state index contributed by atoms with van der Waals surface area (Å²) < 4.78 is 7.69. The number of aryl methyl sites for hydroxylation is 2. The molecule has 0 aliphatic heterocycles. The molecule has 168 valence electrons. The van der Waals surface area contributed by atoms with Crippen molar-refractivity contribution in [1.29, 1.82) is 0 Å². The molecule has 6 heteroatoms. The van der Waals surface area contributed by atoms with Crippen LogP contribution in [0.25, 0.3) is 0 Å². The highest BCUT2D eigenvalue weighted by Gasteiger charge is 2.15. The molecule has 4 aromatic rings. The third kappa shape index (κ3) is 5.62. The summed E-state index contributed by atoms with van der Waals surface area (Å²) >= 11 is 5.90. The summed E-state index contributed by atoms with van der Waals surface area (Å²) in [5.41, 5.74) is 6.41. The molecule has 0 fully saturated rings. The van der Waals surface area contributed by atoms with Gasteiger partial charge in [-0.05, 0) is 68.3 Å². The van der Waals surface area contributed by atoms with Crippen molar-refractivity contribution in [3.05, 3.63) is 111 Å². The summed E-state index contributed by atoms with van der Waals surface area (Å²) in [6, 6.07) is 23.0. The van der Waals surface area contributed by atoms with E-state index < -0.39 is 0 Å². The molecule has 3 aromatic carbocycles. The van der Waals surface area contributed by atoms with Gasteiger partial charge in [-0.3, -0.25) is 9.48 Å². The van der Waals surface area contributed by atoms with Crippen LogP contribution in [0.1, 0.15) is 38.4 Å². The molecule has 0 aliphatic carbocycles.